The molecule has 0 aliphatic carbocycles. The van der Waals surface area contributed by atoms with Gasteiger partial charge in [0.1, 0.15) is 0 Å². The van der Waals surface area contributed by atoms with Gasteiger partial charge in [0, 0.05) is 21.3 Å². The zero-order chi connectivity index (χ0) is 9.97. The Balaban J connectivity index is 2.49. The Labute approximate surface area is 95.9 Å². The summed E-state index contributed by atoms with van der Waals surface area (Å²) in [5.41, 5.74) is 1.95. The minimum Gasteiger partial charge on any atom is -0.256 e. The molecule has 0 radical (unpaired) electrons. The zero-order valence-corrected chi connectivity index (χ0v) is 9.59. The molecule has 0 unspecified atom stereocenters. The van der Waals surface area contributed by atoms with Crippen LogP contribution in [0.3, 0.4) is 0 Å². The van der Waals surface area contributed by atoms with Crippen molar-refractivity contribution < 1.29 is 0 Å². The summed E-state index contributed by atoms with van der Waals surface area (Å²) in [5.74, 6) is 0. The summed E-state index contributed by atoms with van der Waals surface area (Å²) in [6.07, 6.45) is 1.76. The predicted molar refractivity (Wildman–Crippen MR) is 62.4 cm³/mol. The maximum absolute atomic E-state index is 5.90. The predicted octanol–water partition coefficient (Wildman–Crippen LogP) is 4.16. The molecule has 14 heavy (non-hydrogen) atoms. The second kappa shape index (κ2) is 4.11. The largest absolute Gasteiger partial charge is 0.256 e. The third-order valence-corrected chi connectivity index (χ3v) is 2.57. The quantitative estimate of drug-likeness (QED) is 0.756. The summed E-state index contributed by atoms with van der Waals surface area (Å²) < 4.78 is 1.02. The van der Waals surface area contributed by atoms with Crippen molar-refractivity contribution in [1.29, 1.82) is 0 Å². The Morgan fingerprint density at radius 1 is 1.14 bits per heavy atom. The molecule has 0 atom stereocenters. The van der Waals surface area contributed by atoms with Gasteiger partial charge in [-0.2, -0.15) is 0 Å². The van der Waals surface area contributed by atoms with Crippen LogP contribution in [0.15, 0.2) is 47.1 Å². The molecule has 0 fully saturated rings. The molecule has 0 saturated heterocycles. The van der Waals surface area contributed by atoms with E-state index in [1.54, 1.807) is 6.20 Å². The Morgan fingerprint density at radius 2 is 2.00 bits per heavy atom. The van der Waals surface area contributed by atoms with Crippen LogP contribution in [-0.2, 0) is 0 Å². The van der Waals surface area contributed by atoms with E-state index in [0.717, 1.165) is 20.8 Å². The monoisotopic (exact) mass is 267 g/mol. The van der Waals surface area contributed by atoms with E-state index in [0.29, 0.717) is 0 Å². The molecule has 2 rings (SSSR count). The van der Waals surface area contributed by atoms with E-state index in [9.17, 15) is 0 Å². The van der Waals surface area contributed by atoms with Gasteiger partial charge in [-0.3, -0.25) is 4.98 Å². The highest BCUT2D eigenvalue weighted by Gasteiger charge is 1.99. The first-order chi connectivity index (χ1) is 6.75. The third kappa shape index (κ3) is 2.14. The Kier molecular flexibility index (Phi) is 2.85. The molecule has 1 heterocycles. The minimum absolute atomic E-state index is 0.726. The highest BCUT2D eigenvalue weighted by Crippen LogP contribution is 2.22. The van der Waals surface area contributed by atoms with Gasteiger partial charge < -0.3 is 0 Å². The van der Waals surface area contributed by atoms with Gasteiger partial charge in [0.25, 0.3) is 0 Å². The number of hydrogen-bond donors (Lipinski definition) is 0. The van der Waals surface area contributed by atoms with Gasteiger partial charge in [-0.1, -0.05) is 39.7 Å². The summed E-state index contributed by atoms with van der Waals surface area (Å²) >= 11 is 9.30. The van der Waals surface area contributed by atoms with Crippen molar-refractivity contribution in [2.24, 2.45) is 0 Å². The number of rotatable bonds is 1. The van der Waals surface area contributed by atoms with E-state index >= 15 is 0 Å². The molecule has 0 aliphatic rings. The second-order valence-corrected chi connectivity index (χ2v) is 4.22. The van der Waals surface area contributed by atoms with Gasteiger partial charge in [0.15, 0.2) is 0 Å². The fraction of sp³-hybridized carbons (Fsp3) is 0. The maximum Gasteiger partial charge on any atom is 0.0713 e. The number of hydrogen-bond acceptors (Lipinski definition) is 1. The lowest BCUT2D eigenvalue weighted by Gasteiger charge is -2.01. The van der Waals surface area contributed by atoms with Crippen LogP contribution in [0.4, 0.5) is 0 Å². The number of aromatic nitrogens is 1. The van der Waals surface area contributed by atoms with Crippen LogP contribution in [0.5, 0.6) is 0 Å². The van der Waals surface area contributed by atoms with Gasteiger partial charge in [0.2, 0.25) is 0 Å². The molecule has 3 heteroatoms. The molecule has 1 aromatic carbocycles. The number of benzene rings is 1. The molecule has 70 valence electrons. The minimum atomic E-state index is 0.726. The van der Waals surface area contributed by atoms with Crippen LogP contribution in [0.2, 0.25) is 5.02 Å². The molecule has 1 aromatic heterocycles. The summed E-state index contributed by atoms with van der Waals surface area (Å²) in [4.78, 5) is 4.26. The van der Waals surface area contributed by atoms with E-state index in [2.05, 4.69) is 20.9 Å². The lowest BCUT2D eigenvalue weighted by Crippen LogP contribution is -1.82. The average Bonchev–Trinajstić information content (AvgIpc) is 2.18. The van der Waals surface area contributed by atoms with Crippen molar-refractivity contribution in [3.63, 3.8) is 0 Å². The van der Waals surface area contributed by atoms with Gasteiger partial charge in [0.05, 0.1) is 5.69 Å². The molecule has 0 saturated carbocycles. The van der Waals surface area contributed by atoms with Crippen molar-refractivity contribution in [2.45, 2.75) is 0 Å². The molecule has 0 spiro atoms. The molecular formula is C11H7BrClN. The average molecular weight is 269 g/mol. The van der Waals surface area contributed by atoms with Crippen LogP contribution in [0.25, 0.3) is 11.3 Å². The standard InChI is InChI=1S/C11H7BrClN/c12-9-4-5-14-11(7-9)8-2-1-3-10(13)6-8/h1-7H. The van der Waals surface area contributed by atoms with E-state index < -0.39 is 0 Å². The van der Waals surface area contributed by atoms with E-state index in [1.807, 2.05) is 36.4 Å². The normalized spacial score (nSPS) is 10.1. The van der Waals surface area contributed by atoms with E-state index in [-0.39, 0.29) is 0 Å². The summed E-state index contributed by atoms with van der Waals surface area (Å²) in [5, 5.41) is 0.726. The fourth-order valence-electron chi connectivity index (χ4n) is 1.21. The van der Waals surface area contributed by atoms with Crippen LogP contribution in [0.1, 0.15) is 0 Å². The van der Waals surface area contributed by atoms with Crippen molar-refractivity contribution in [3.05, 3.63) is 52.1 Å². The van der Waals surface area contributed by atoms with Gasteiger partial charge >= 0.3 is 0 Å². The Bertz CT molecular complexity index is 413. The number of halogens is 2. The van der Waals surface area contributed by atoms with Crippen LogP contribution < -0.4 is 0 Å². The smallest absolute Gasteiger partial charge is 0.0713 e. The maximum atomic E-state index is 5.90. The molecule has 0 amide bonds. The zero-order valence-electron chi connectivity index (χ0n) is 7.24. The van der Waals surface area contributed by atoms with Crippen molar-refractivity contribution in [1.82, 2.24) is 4.98 Å². The van der Waals surface area contributed by atoms with Crippen LogP contribution in [0, 0.1) is 0 Å². The first-order valence-electron chi connectivity index (χ1n) is 4.13. The second-order valence-electron chi connectivity index (χ2n) is 2.87. The van der Waals surface area contributed by atoms with Crippen molar-refractivity contribution in [2.75, 3.05) is 0 Å². The molecule has 0 N–H and O–H groups in total. The third-order valence-electron chi connectivity index (χ3n) is 1.84. The van der Waals surface area contributed by atoms with E-state index in [1.165, 1.54) is 0 Å². The number of nitrogens with zero attached hydrogens (tertiary/aromatic N) is 1. The number of pyridine rings is 1. The molecule has 1 nitrogen and oxygen atoms in total. The Morgan fingerprint density at radius 3 is 2.71 bits per heavy atom. The summed E-state index contributed by atoms with van der Waals surface area (Å²) in [6.45, 7) is 0. The van der Waals surface area contributed by atoms with Gasteiger partial charge in [-0.15, -0.1) is 0 Å². The summed E-state index contributed by atoms with van der Waals surface area (Å²) in [7, 11) is 0. The van der Waals surface area contributed by atoms with E-state index in [4.69, 9.17) is 11.6 Å². The molecule has 0 bridgehead atoms. The van der Waals surface area contributed by atoms with Gasteiger partial charge in [-0.05, 0) is 24.3 Å². The topological polar surface area (TPSA) is 12.9 Å². The highest BCUT2D eigenvalue weighted by molar-refractivity contribution is 9.10. The molecule has 0 aliphatic heterocycles. The lowest BCUT2D eigenvalue weighted by molar-refractivity contribution is 1.31. The fourth-order valence-corrected chi connectivity index (χ4v) is 1.74. The first kappa shape index (κ1) is 9.69. The first-order valence-corrected chi connectivity index (χ1v) is 5.30. The summed E-state index contributed by atoms with van der Waals surface area (Å²) in [6, 6.07) is 11.5. The van der Waals surface area contributed by atoms with Crippen molar-refractivity contribution in [3.8, 4) is 11.3 Å². The lowest BCUT2D eigenvalue weighted by atomic mass is 10.1. The molecular weight excluding hydrogens is 261 g/mol. The van der Waals surface area contributed by atoms with Crippen LogP contribution >= 0.6 is 27.5 Å². The van der Waals surface area contributed by atoms with Crippen molar-refractivity contribution >= 4 is 27.5 Å². The van der Waals surface area contributed by atoms with Crippen LogP contribution in [-0.4, -0.2) is 4.98 Å². The van der Waals surface area contributed by atoms with Gasteiger partial charge in [-0.25, -0.2) is 0 Å². The highest BCUT2D eigenvalue weighted by atomic mass is 79.9. The SMILES string of the molecule is Clc1cccc(-c2cc(Br)ccn2)c1. The molecule has 2 aromatic rings. The Hall–Kier alpha value is -0.860.